The molecule has 0 aliphatic carbocycles. The van der Waals surface area contributed by atoms with E-state index in [2.05, 4.69) is 4.98 Å². The van der Waals surface area contributed by atoms with Gasteiger partial charge in [-0.1, -0.05) is 6.07 Å². The van der Waals surface area contributed by atoms with Crippen LogP contribution in [-0.2, 0) is 22.7 Å². The highest BCUT2D eigenvalue weighted by atomic mass is 16.5. The fraction of sp³-hybridized carbons (Fsp3) is 0.667. The lowest BCUT2D eigenvalue weighted by Gasteiger charge is -2.12. The Kier molecular flexibility index (Phi) is 9.89. The number of aliphatic hydroxyl groups is 4. The number of aromatic nitrogens is 1. The summed E-state index contributed by atoms with van der Waals surface area (Å²) in [6, 6.07) is 3.69. The Labute approximate surface area is 130 Å². The molecule has 7 heteroatoms. The number of nitrogens with zero attached hydrogens (tertiary/aromatic N) is 1. The van der Waals surface area contributed by atoms with Crippen LogP contribution in [0.15, 0.2) is 18.3 Å². The monoisotopic (exact) mass is 315 g/mol. The van der Waals surface area contributed by atoms with E-state index < -0.39 is 0 Å². The predicted molar refractivity (Wildman–Crippen MR) is 78.9 cm³/mol. The van der Waals surface area contributed by atoms with Gasteiger partial charge in [-0.2, -0.15) is 0 Å². The average molecular weight is 315 g/mol. The lowest BCUT2D eigenvalue weighted by Crippen LogP contribution is -2.18. The first-order valence-electron chi connectivity index (χ1n) is 7.26. The van der Waals surface area contributed by atoms with Gasteiger partial charge in [0.15, 0.2) is 0 Å². The summed E-state index contributed by atoms with van der Waals surface area (Å²) in [6.07, 6.45) is 1.68. The van der Waals surface area contributed by atoms with Crippen molar-refractivity contribution in [1.82, 2.24) is 4.98 Å². The topological polar surface area (TPSA) is 112 Å². The normalized spacial score (nSPS) is 11.5. The van der Waals surface area contributed by atoms with E-state index in [4.69, 9.17) is 29.9 Å². The lowest BCUT2D eigenvalue weighted by atomic mass is 10.2. The summed E-state index contributed by atoms with van der Waals surface area (Å²) in [5, 5.41) is 35.7. The van der Waals surface area contributed by atoms with Crippen LogP contribution in [0.5, 0.6) is 0 Å². The molecule has 0 saturated carbocycles. The molecule has 0 aliphatic heterocycles. The van der Waals surface area contributed by atoms with Gasteiger partial charge >= 0.3 is 0 Å². The molecule has 7 nitrogen and oxygen atoms in total. The first-order chi connectivity index (χ1) is 10.7. The second-order valence-electron chi connectivity index (χ2n) is 5.15. The minimum Gasteiger partial charge on any atom is -0.396 e. The van der Waals surface area contributed by atoms with Crippen molar-refractivity contribution in [3.8, 4) is 0 Å². The average Bonchev–Trinajstić information content (AvgIpc) is 2.57. The largest absolute Gasteiger partial charge is 0.396 e. The van der Waals surface area contributed by atoms with Crippen molar-refractivity contribution in [3.63, 3.8) is 0 Å². The van der Waals surface area contributed by atoms with Crippen LogP contribution in [0.25, 0.3) is 0 Å². The molecule has 1 aromatic heterocycles. The van der Waals surface area contributed by atoms with Crippen molar-refractivity contribution in [3.05, 3.63) is 29.6 Å². The summed E-state index contributed by atoms with van der Waals surface area (Å²) >= 11 is 0. The van der Waals surface area contributed by atoms with Crippen molar-refractivity contribution in [2.45, 2.75) is 13.2 Å². The molecule has 0 spiro atoms. The van der Waals surface area contributed by atoms with Gasteiger partial charge in [0.05, 0.1) is 58.5 Å². The molecular weight excluding hydrogens is 290 g/mol. The molecular formula is C15H25NO6. The van der Waals surface area contributed by atoms with E-state index in [0.29, 0.717) is 19.8 Å². The molecule has 0 saturated heterocycles. The number of rotatable bonds is 12. The Balaban J connectivity index is 2.27. The van der Waals surface area contributed by atoms with E-state index in [1.165, 1.54) is 0 Å². The number of hydrogen-bond acceptors (Lipinski definition) is 7. The summed E-state index contributed by atoms with van der Waals surface area (Å²) in [5.74, 6) is -0.523. The van der Waals surface area contributed by atoms with Crippen molar-refractivity contribution in [2.75, 3.05) is 39.6 Å². The van der Waals surface area contributed by atoms with Gasteiger partial charge in [-0.05, 0) is 11.6 Å². The molecule has 0 unspecified atom stereocenters. The zero-order chi connectivity index (χ0) is 16.2. The molecule has 0 radical (unpaired) electrons. The van der Waals surface area contributed by atoms with E-state index in [1.54, 1.807) is 6.20 Å². The van der Waals surface area contributed by atoms with E-state index in [9.17, 15) is 0 Å². The maximum Gasteiger partial charge on any atom is 0.0888 e. The van der Waals surface area contributed by atoms with Gasteiger partial charge in [0, 0.05) is 18.0 Å². The predicted octanol–water partition coefficient (Wildman–Crippen LogP) is -0.684. The molecule has 1 rings (SSSR count). The zero-order valence-corrected chi connectivity index (χ0v) is 12.6. The second-order valence-corrected chi connectivity index (χ2v) is 5.15. The first-order valence-corrected chi connectivity index (χ1v) is 7.26. The van der Waals surface area contributed by atoms with E-state index >= 15 is 0 Å². The fourth-order valence-corrected chi connectivity index (χ4v) is 1.63. The smallest absolute Gasteiger partial charge is 0.0888 e. The SMILES string of the molecule is OCC(CO)COCc1ccc(COCC(CO)CO)nc1. The van der Waals surface area contributed by atoms with Gasteiger partial charge in [0.25, 0.3) is 0 Å². The van der Waals surface area contributed by atoms with Gasteiger partial charge in [-0.25, -0.2) is 0 Å². The van der Waals surface area contributed by atoms with Crippen LogP contribution in [0.2, 0.25) is 0 Å². The minimum atomic E-state index is -0.265. The van der Waals surface area contributed by atoms with Crippen LogP contribution < -0.4 is 0 Å². The molecule has 0 aromatic carbocycles. The standard InChI is InChI=1S/C15H25NO6/c17-4-13(5-18)9-21-8-12-1-2-15(16-3-12)11-22-10-14(6-19)7-20/h1-3,13-14,17-20H,4-11H2. The minimum absolute atomic E-state index is 0.103. The molecule has 1 heterocycles. The summed E-state index contributed by atoms with van der Waals surface area (Å²) < 4.78 is 10.8. The Morgan fingerprint density at radius 1 is 0.818 bits per heavy atom. The number of aliphatic hydroxyl groups excluding tert-OH is 4. The Bertz CT molecular complexity index is 341. The van der Waals surface area contributed by atoms with Gasteiger partial charge in [-0.15, -0.1) is 0 Å². The Morgan fingerprint density at radius 2 is 1.36 bits per heavy atom. The van der Waals surface area contributed by atoms with Gasteiger partial charge in [0.1, 0.15) is 0 Å². The second kappa shape index (κ2) is 11.5. The van der Waals surface area contributed by atoms with Crippen molar-refractivity contribution in [1.29, 1.82) is 0 Å². The van der Waals surface area contributed by atoms with Crippen molar-refractivity contribution >= 4 is 0 Å². The highest BCUT2D eigenvalue weighted by molar-refractivity contribution is 5.12. The summed E-state index contributed by atoms with van der Waals surface area (Å²) in [4.78, 5) is 4.24. The molecule has 0 aliphatic rings. The third-order valence-electron chi connectivity index (χ3n) is 3.14. The quantitative estimate of drug-likeness (QED) is 0.404. The number of hydrogen-bond donors (Lipinski definition) is 4. The third kappa shape index (κ3) is 7.26. The van der Waals surface area contributed by atoms with Crippen LogP contribution in [-0.4, -0.2) is 65.1 Å². The molecule has 1 aromatic rings. The first kappa shape index (κ1) is 19.0. The van der Waals surface area contributed by atoms with E-state index in [1.807, 2.05) is 12.1 Å². The van der Waals surface area contributed by atoms with Crippen LogP contribution in [0.1, 0.15) is 11.3 Å². The van der Waals surface area contributed by atoms with Crippen LogP contribution in [0.4, 0.5) is 0 Å². The van der Waals surface area contributed by atoms with E-state index in [0.717, 1.165) is 11.3 Å². The summed E-state index contributed by atoms with van der Waals surface area (Å²) in [7, 11) is 0. The van der Waals surface area contributed by atoms with Crippen LogP contribution in [0, 0.1) is 11.8 Å². The summed E-state index contributed by atoms with van der Waals surface area (Å²) in [6.45, 7) is 0.828. The van der Waals surface area contributed by atoms with E-state index in [-0.39, 0.29) is 44.9 Å². The van der Waals surface area contributed by atoms with Gasteiger partial charge in [0.2, 0.25) is 0 Å². The molecule has 0 atom stereocenters. The molecule has 126 valence electrons. The highest BCUT2D eigenvalue weighted by Crippen LogP contribution is 2.06. The fourth-order valence-electron chi connectivity index (χ4n) is 1.63. The molecule has 0 fully saturated rings. The van der Waals surface area contributed by atoms with Crippen LogP contribution in [0.3, 0.4) is 0 Å². The molecule has 0 amide bonds. The zero-order valence-electron chi connectivity index (χ0n) is 12.6. The molecule has 4 N–H and O–H groups in total. The van der Waals surface area contributed by atoms with Crippen molar-refractivity contribution in [2.24, 2.45) is 11.8 Å². The van der Waals surface area contributed by atoms with Crippen molar-refractivity contribution < 1.29 is 29.9 Å². The Morgan fingerprint density at radius 3 is 1.82 bits per heavy atom. The maximum atomic E-state index is 8.92. The molecule has 0 bridgehead atoms. The number of ether oxygens (including phenoxy) is 2. The number of pyridine rings is 1. The van der Waals surface area contributed by atoms with Gasteiger partial charge < -0.3 is 29.9 Å². The lowest BCUT2D eigenvalue weighted by molar-refractivity contribution is 0.0349. The highest BCUT2D eigenvalue weighted by Gasteiger charge is 2.07. The van der Waals surface area contributed by atoms with Gasteiger partial charge in [-0.3, -0.25) is 4.98 Å². The maximum absolute atomic E-state index is 8.92. The Hall–Kier alpha value is -1.09. The third-order valence-corrected chi connectivity index (χ3v) is 3.14. The molecule has 22 heavy (non-hydrogen) atoms. The summed E-state index contributed by atoms with van der Waals surface area (Å²) in [5.41, 5.74) is 1.64. The van der Waals surface area contributed by atoms with Crippen LogP contribution >= 0.6 is 0 Å².